The Bertz CT molecular complexity index is 433. The topological polar surface area (TPSA) is 67.6 Å². The van der Waals surface area contributed by atoms with Crippen LogP contribution in [0.2, 0.25) is 0 Å². The van der Waals surface area contributed by atoms with Crippen molar-refractivity contribution in [1.82, 2.24) is 15.2 Å². The van der Waals surface area contributed by atoms with Gasteiger partial charge < -0.3 is 19.4 Å². The minimum absolute atomic E-state index is 0.0793. The molecule has 0 bridgehead atoms. The van der Waals surface area contributed by atoms with Crippen LogP contribution < -0.4 is 5.32 Å². The van der Waals surface area contributed by atoms with E-state index in [1.807, 2.05) is 13.8 Å². The normalized spacial score (nSPS) is 23.4. The van der Waals surface area contributed by atoms with E-state index in [1.165, 1.54) is 6.39 Å². The fraction of sp³-hybridized carbons (Fsp3) is 0.692. The summed E-state index contributed by atoms with van der Waals surface area (Å²) in [6, 6.07) is -0.0793. The van der Waals surface area contributed by atoms with Gasteiger partial charge in [0.25, 0.3) is 0 Å². The molecule has 0 radical (unpaired) electrons. The van der Waals surface area contributed by atoms with Crippen LogP contribution in [-0.4, -0.2) is 41.2 Å². The van der Waals surface area contributed by atoms with E-state index in [1.54, 1.807) is 4.90 Å². The Hall–Kier alpha value is -1.56. The second-order valence-electron chi connectivity index (χ2n) is 4.90. The maximum absolute atomic E-state index is 12.1. The van der Waals surface area contributed by atoms with Crippen molar-refractivity contribution in [3.8, 4) is 0 Å². The number of nitrogens with one attached hydrogen (secondary N) is 1. The smallest absolute Gasteiger partial charge is 0.317 e. The van der Waals surface area contributed by atoms with E-state index in [2.05, 4.69) is 17.2 Å². The van der Waals surface area contributed by atoms with Crippen LogP contribution in [0, 0.1) is 6.92 Å². The zero-order chi connectivity index (χ0) is 13.8. The van der Waals surface area contributed by atoms with E-state index in [-0.39, 0.29) is 18.2 Å². The van der Waals surface area contributed by atoms with Gasteiger partial charge in [0.1, 0.15) is 5.76 Å². The number of hydrogen-bond acceptors (Lipinski definition) is 4. The maximum atomic E-state index is 12.1. The molecular weight excluding hydrogens is 246 g/mol. The number of ether oxygens (including phenoxy) is 1. The molecule has 1 aromatic rings. The van der Waals surface area contributed by atoms with Crippen LogP contribution in [0.3, 0.4) is 0 Å². The van der Waals surface area contributed by atoms with E-state index in [0.29, 0.717) is 25.4 Å². The fourth-order valence-electron chi connectivity index (χ4n) is 2.20. The van der Waals surface area contributed by atoms with Crippen LogP contribution in [0.15, 0.2) is 10.8 Å². The maximum Gasteiger partial charge on any atom is 0.317 e. The first-order valence-corrected chi connectivity index (χ1v) is 6.67. The number of amides is 2. The molecule has 1 aliphatic rings. The van der Waals surface area contributed by atoms with Crippen molar-refractivity contribution in [2.75, 3.05) is 13.1 Å². The fourth-order valence-corrected chi connectivity index (χ4v) is 2.20. The minimum Gasteiger partial charge on any atom is -0.446 e. The standard InChI is InChI=1S/C13H21N3O3/c1-4-11-7-16(6-9(2)19-11)13(17)14-5-12-10(3)15-8-18-12/h8-9,11H,4-7H2,1-3H3,(H,14,17). The second-order valence-corrected chi connectivity index (χ2v) is 4.90. The molecular formula is C13H21N3O3. The molecule has 2 heterocycles. The molecule has 2 atom stereocenters. The van der Waals surface area contributed by atoms with Crippen LogP contribution in [0.1, 0.15) is 31.7 Å². The van der Waals surface area contributed by atoms with Crippen molar-refractivity contribution in [2.45, 2.75) is 45.9 Å². The highest BCUT2D eigenvalue weighted by Gasteiger charge is 2.27. The van der Waals surface area contributed by atoms with Gasteiger partial charge in [-0.25, -0.2) is 9.78 Å². The molecule has 0 spiro atoms. The van der Waals surface area contributed by atoms with Crippen molar-refractivity contribution in [3.63, 3.8) is 0 Å². The van der Waals surface area contributed by atoms with E-state index in [4.69, 9.17) is 9.15 Å². The summed E-state index contributed by atoms with van der Waals surface area (Å²) in [5.41, 5.74) is 0.807. The van der Waals surface area contributed by atoms with Crippen LogP contribution in [0.5, 0.6) is 0 Å². The second kappa shape index (κ2) is 6.06. The van der Waals surface area contributed by atoms with Gasteiger partial charge in [-0.05, 0) is 20.3 Å². The lowest BCUT2D eigenvalue weighted by molar-refractivity contribution is -0.0646. The van der Waals surface area contributed by atoms with E-state index < -0.39 is 0 Å². The van der Waals surface area contributed by atoms with E-state index in [0.717, 1.165) is 12.1 Å². The predicted molar refractivity (Wildman–Crippen MR) is 69.7 cm³/mol. The van der Waals surface area contributed by atoms with Gasteiger partial charge in [-0.2, -0.15) is 0 Å². The molecule has 0 aliphatic carbocycles. The third-order valence-electron chi connectivity index (χ3n) is 3.31. The SMILES string of the molecule is CCC1CN(C(=O)NCc2ocnc2C)CC(C)O1. The Morgan fingerprint density at radius 2 is 2.37 bits per heavy atom. The highest BCUT2D eigenvalue weighted by atomic mass is 16.5. The molecule has 6 heteroatoms. The number of urea groups is 1. The summed E-state index contributed by atoms with van der Waals surface area (Å²) in [6.07, 6.45) is 2.51. The largest absolute Gasteiger partial charge is 0.446 e. The van der Waals surface area contributed by atoms with Gasteiger partial charge >= 0.3 is 6.03 Å². The number of aromatic nitrogens is 1. The van der Waals surface area contributed by atoms with Crippen molar-refractivity contribution >= 4 is 6.03 Å². The summed E-state index contributed by atoms with van der Waals surface area (Å²) in [5.74, 6) is 0.696. The lowest BCUT2D eigenvalue weighted by Crippen LogP contribution is -2.52. The van der Waals surface area contributed by atoms with Crippen LogP contribution >= 0.6 is 0 Å². The molecule has 106 valence electrons. The molecule has 2 unspecified atom stereocenters. The summed E-state index contributed by atoms with van der Waals surface area (Å²) in [7, 11) is 0. The number of nitrogens with zero attached hydrogens (tertiary/aromatic N) is 2. The molecule has 1 aromatic heterocycles. The van der Waals surface area contributed by atoms with Crippen molar-refractivity contribution in [3.05, 3.63) is 17.8 Å². The number of rotatable bonds is 3. The number of hydrogen-bond donors (Lipinski definition) is 1. The quantitative estimate of drug-likeness (QED) is 0.905. The average molecular weight is 267 g/mol. The lowest BCUT2D eigenvalue weighted by atomic mass is 10.2. The highest BCUT2D eigenvalue weighted by molar-refractivity contribution is 5.74. The molecule has 1 N–H and O–H groups in total. The van der Waals surface area contributed by atoms with Gasteiger partial charge in [-0.3, -0.25) is 0 Å². The Morgan fingerprint density at radius 1 is 1.58 bits per heavy atom. The average Bonchev–Trinajstić information content (AvgIpc) is 2.80. The van der Waals surface area contributed by atoms with Crippen LogP contribution in [0.4, 0.5) is 4.79 Å². The summed E-state index contributed by atoms with van der Waals surface area (Å²) < 4.78 is 10.9. The Morgan fingerprint density at radius 3 is 3.00 bits per heavy atom. The monoisotopic (exact) mass is 267 g/mol. The van der Waals surface area contributed by atoms with Crippen LogP contribution in [-0.2, 0) is 11.3 Å². The highest BCUT2D eigenvalue weighted by Crippen LogP contribution is 2.13. The lowest BCUT2D eigenvalue weighted by Gasteiger charge is -2.36. The van der Waals surface area contributed by atoms with Gasteiger partial charge in [0.15, 0.2) is 6.39 Å². The molecule has 0 aromatic carbocycles. The zero-order valence-corrected chi connectivity index (χ0v) is 11.7. The molecule has 1 saturated heterocycles. The Kier molecular flexibility index (Phi) is 4.42. The third-order valence-corrected chi connectivity index (χ3v) is 3.31. The predicted octanol–water partition coefficient (Wildman–Crippen LogP) is 1.69. The number of oxazole rings is 1. The van der Waals surface area contributed by atoms with Gasteiger partial charge in [-0.1, -0.05) is 6.92 Å². The molecule has 1 aliphatic heterocycles. The van der Waals surface area contributed by atoms with Crippen molar-refractivity contribution in [1.29, 1.82) is 0 Å². The molecule has 2 rings (SSSR count). The Labute approximate surface area is 113 Å². The van der Waals surface area contributed by atoms with Gasteiger partial charge in [-0.15, -0.1) is 0 Å². The number of carbonyl (C=O) groups is 1. The van der Waals surface area contributed by atoms with E-state index >= 15 is 0 Å². The molecule has 0 saturated carbocycles. The summed E-state index contributed by atoms with van der Waals surface area (Å²) in [6.45, 7) is 7.54. The molecule has 2 amide bonds. The summed E-state index contributed by atoms with van der Waals surface area (Å²) in [4.78, 5) is 17.9. The summed E-state index contributed by atoms with van der Waals surface area (Å²) >= 11 is 0. The third kappa shape index (κ3) is 3.47. The summed E-state index contributed by atoms with van der Waals surface area (Å²) in [5, 5.41) is 2.86. The zero-order valence-electron chi connectivity index (χ0n) is 11.7. The first kappa shape index (κ1) is 13.9. The number of aryl methyl sites for hydroxylation is 1. The first-order valence-electron chi connectivity index (χ1n) is 6.67. The minimum atomic E-state index is -0.0793. The van der Waals surface area contributed by atoms with Crippen LogP contribution in [0.25, 0.3) is 0 Å². The molecule has 19 heavy (non-hydrogen) atoms. The Balaban J connectivity index is 1.87. The van der Waals surface area contributed by atoms with Crippen molar-refractivity contribution < 1.29 is 13.9 Å². The van der Waals surface area contributed by atoms with Gasteiger partial charge in [0.2, 0.25) is 0 Å². The number of carbonyl (C=O) groups excluding carboxylic acids is 1. The van der Waals surface area contributed by atoms with Crippen molar-refractivity contribution in [2.24, 2.45) is 0 Å². The first-order chi connectivity index (χ1) is 9.10. The van der Waals surface area contributed by atoms with E-state index in [9.17, 15) is 4.79 Å². The number of morpholine rings is 1. The molecule has 1 fully saturated rings. The van der Waals surface area contributed by atoms with Gasteiger partial charge in [0, 0.05) is 13.1 Å². The van der Waals surface area contributed by atoms with Gasteiger partial charge in [0.05, 0.1) is 24.4 Å². The molecule has 6 nitrogen and oxygen atoms in total.